The van der Waals surface area contributed by atoms with Crippen molar-refractivity contribution in [2.45, 2.75) is 39.0 Å². The number of rotatable bonds is 4. The number of pyridine rings is 1. The van der Waals surface area contributed by atoms with Gasteiger partial charge >= 0.3 is 0 Å². The molecule has 144 valence electrons. The van der Waals surface area contributed by atoms with Crippen LogP contribution in [-0.4, -0.2) is 28.9 Å². The van der Waals surface area contributed by atoms with Gasteiger partial charge in [-0.05, 0) is 58.9 Å². The van der Waals surface area contributed by atoms with Crippen LogP contribution in [0.25, 0.3) is 21.9 Å². The second-order valence-corrected chi connectivity index (χ2v) is 7.92. The molecule has 2 heterocycles. The second kappa shape index (κ2) is 8.14. The maximum atomic E-state index is 11.9. The van der Waals surface area contributed by atoms with Crippen LogP contribution in [0.3, 0.4) is 0 Å². The number of hydrogen-bond donors (Lipinski definition) is 0. The zero-order valence-electron chi connectivity index (χ0n) is 16.8. The molecule has 1 aromatic heterocycles. The third-order valence-electron chi connectivity index (χ3n) is 6.31. The normalized spacial score (nSPS) is 16.3. The number of amides is 1. The van der Waals surface area contributed by atoms with E-state index in [-0.39, 0.29) is 0 Å². The van der Waals surface area contributed by atoms with Gasteiger partial charge in [-0.15, -0.1) is 0 Å². The van der Waals surface area contributed by atoms with E-state index in [0.717, 1.165) is 25.9 Å². The van der Waals surface area contributed by atoms with E-state index in [9.17, 15) is 4.79 Å². The summed E-state index contributed by atoms with van der Waals surface area (Å²) in [5.41, 5.74) is 3.89. The van der Waals surface area contributed by atoms with Crippen LogP contribution in [0.4, 0.5) is 0 Å². The van der Waals surface area contributed by atoms with Gasteiger partial charge in [0.05, 0.1) is 0 Å². The quantitative estimate of drug-likeness (QED) is 0.592. The van der Waals surface area contributed by atoms with Crippen LogP contribution in [-0.2, 0) is 4.79 Å². The Hall–Kier alpha value is -2.68. The van der Waals surface area contributed by atoms with Crippen molar-refractivity contribution < 1.29 is 4.79 Å². The summed E-state index contributed by atoms with van der Waals surface area (Å²) in [5.74, 6) is 1.47. The molecule has 1 aliphatic rings. The van der Waals surface area contributed by atoms with Gasteiger partial charge < -0.3 is 4.90 Å². The van der Waals surface area contributed by atoms with E-state index >= 15 is 0 Å². The molecule has 1 aliphatic heterocycles. The Labute approximate surface area is 167 Å². The first kappa shape index (κ1) is 18.7. The van der Waals surface area contributed by atoms with Crippen LogP contribution in [0.5, 0.6) is 0 Å². The van der Waals surface area contributed by atoms with Gasteiger partial charge in [0.1, 0.15) is 0 Å². The predicted molar refractivity (Wildman–Crippen MR) is 115 cm³/mol. The highest BCUT2D eigenvalue weighted by Gasteiger charge is 2.26. The average Bonchev–Trinajstić information content (AvgIpc) is 2.78. The number of aromatic nitrogens is 1. The Kier molecular flexibility index (Phi) is 5.43. The number of hydrogen-bond acceptors (Lipinski definition) is 2. The minimum atomic E-state index is 0.293. The lowest BCUT2D eigenvalue weighted by Crippen LogP contribution is -2.39. The fourth-order valence-electron chi connectivity index (χ4n) is 4.39. The summed E-state index contributed by atoms with van der Waals surface area (Å²) >= 11 is 0. The molecule has 28 heavy (non-hydrogen) atoms. The molecule has 0 radical (unpaired) electrons. The smallest absolute Gasteiger partial charge is 0.222 e. The van der Waals surface area contributed by atoms with Crippen molar-refractivity contribution in [3.05, 3.63) is 66.5 Å². The van der Waals surface area contributed by atoms with Gasteiger partial charge in [-0.2, -0.15) is 0 Å². The minimum Gasteiger partial charge on any atom is -0.343 e. The molecule has 1 fully saturated rings. The highest BCUT2D eigenvalue weighted by molar-refractivity contribution is 5.86. The zero-order chi connectivity index (χ0) is 19.5. The first-order valence-electron chi connectivity index (χ1n) is 10.4. The molecular weight excluding hydrogens is 344 g/mol. The van der Waals surface area contributed by atoms with Gasteiger partial charge in [0.25, 0.3) is 0 Å². The largest absolute Gasteiger partial charge is 0.343 e. The maximum absolute atomic E-state index is 11.9. The minimum absolute atomic E-state index is 0.293. The summed E-state index contributed by atoms with van der Waals surface area (Å²) in [5, 5.41) is 2.39. The summed E-state index contributed by atoms with van der Waals surface area (Å²) in [6.45, 7) is 6.10. The number of carbonyl (C=O) groups excluding carboxylic acids is 1. The third-order valence-corrected chi connectivity index (χ3v) is 6.31. The number of likely N-dealkylation sites (tertiary alicyclic amines) is 1. The van der Waals surface area contributed by atoms with E-state index in [0.29, 0.717) is 24.2 Å². The highest BCUT2D eigenvalue weighted by atomic mass is 16.2. The monoisotopic (exact) mass is 372 g/mol. The van der Waals surface area contributed by atoms with Gasteiger partial charge in [0, 0.05) is 37.3 Å². The average molecular weight is 373 g/mol. The molecule has 1 amide bonds. The van der Waals surface area contributed by atoms with Crippen LogP contribution < -0.4 is 0 Å². The fourth-order valence-corrected chi connectivity index (χ4v) is 4.39. The summed E-state index contributed by atoms with van der Waals surface area (Å²) in [7, 11) is 0. The highest BCUT2D eigenvalue weighted by Crippen LogP contribution is 2.34. The van der Waals surface area contributed by atoms with E-state index < -0.39 is 0 Å². The molecule has 0 aliphatic carbocycles. The zero-order valence-corrected chi connectivity index (χ0v) is 16.8. The first-order valence-corrected chi connectivity index (χ1v) is 10.4. The van der Waals surface area contributed by atoms with Gasteiger partial charge in [-0.3, -0.25) is 9.78 Å². The third kappa shape index (κ3) is 3.80. The van der Waals surface area contributed by atoms with Crippen molar-refractivity contribution in [1.29, 1.82) is 0 Å². The molecular formula is C25H28N2O. The molecule has 1 unspecified atom stereocenters. The van der Waals surface area contributed by atoms with Crippen LogP contribution in [0.1, 0.15) is 44.6 Å². The summed E-state index contributed by atoms with van der Waals surface area (Å²) < 4.78 is 0. The molecule has 4 rings (SSSR count). The van der Waals surface area contributed by atoms with E-state index in [1.54, 1.807) is 0 Å². The Morgan fingerprint density at radius 1 is 1.04 bits per heavy atom. The molecule has 3 aromatic rings. The molecule has 3 heteroatoms. The molecule has 1 saturated heterocycles. The number of nitrogens with zero attached hydrogens (tertiary/aromatic N) is 2. The van der Waals surface area contributed by atoms with Crippen LogP contribution in [0, 0.1) is 5.92 Å². The van der Waals surface area contributed by atoms with Crippen molar-refractivity contribution in [3.8, 4) is 11.1 Å². The number of piperidine rings is 1. The van der Waals surface area contributed by atoms with Crippen molar-refractivity contribution in [3.63, 3.8) is 0 Å². The lowest BCUT2D eigenvalue weighted by atomic mass is 9.81. The lowest BCUT2D eigenvalue weighted by molar-refractivity contribution is -0.132. The van der Waals surface area contributed by atoms with E-state index in [4.69, 9.17) is 0 Å². The second-order valence-electron chi connectivity index (χ2n) is 7.92. The van der Waals surface area contributed by atoms with Crippen molar-refractivity contribution in [2.75, 3.05) is 13.1 Å². The molecule has 1 atom stereocenters. The molecule has 2 aromatic carbocycles. The number of carbonyl (C=O) groups is 1. The topological polar surface area (TPSA) is 33.2 Å². The Morgan fingerprint density at radius 2 is 1.75 bits per heavy atom. The SMILES string of the molecule is CCC(=O)N1CCC(C(C)c2ccc(-c3ccc4cnccc4c3)cc2)CC1. The molecule has 0 bridgehead atoms. The van der Waals surface area contributed by atoms with Gasteiger partial charge in [-0.1, -0.05) is 50.2 Å². The van der Waals surface area contributed by atoms with Crippen LogP contribution in [0.2, 0.25) is 0 Å². The van der Waals surface area contributed by atoms with Gasteiger partial charge in [-0.25, -0.2) is 0 Å². The first-order chi connectivity index (χ1) is 13.7. The summed E-state index contributed by atoms with van der Waals surface area (Å²) in [4.78, 5) is 18.1. The Bertz CT molecular complexity index is 956. The molecule has 0 spiro atoms. The van der Waals surface area contributed by atoms with Gasteiger partial charge in [0.15, 0.2) is 0 Å². The van der Waals surface area contributed by atoms with Crippen molar-refractivity contribution in [1.82, 2.24) is 9.88 Å². The van der Waals surface area contributed by atoms with Crippen molar-refractivity contribution >= 4 is 16.7 Å². The molecule has 3 nitrogen and oxygen atoms in total. The van der Waals surface area contributed by atoms with Crippen molar-refractivity contribution in [2.24, 2.45) is 5.92 Å². The fraction of sp³-hybridized carbons (Fsp3) is 0.360. The predicted octanol–water partition coefficient (Wildman–Crippen LogP) is 5.65. The van der Waals surface area contributed by atoms with E-state index in [1.165, 1.54) is 27.5 Å². The Morgan fingerprint density at radius 3 is 2.46 bits per heavy atom. The standard InChI is InChI=1S/C25H28N2O/c1-3-25(28)27-14-11-20(12-15-27)18(2)19-4-6-21(7-5-19)22-8-9-24-17-26-13-10-23(24)16-22/h4-10,13,16-18,20H,3,11-12,14-15H2,1-2H3. The van der Waals surface area contributed by atoms with E-state index in [1.807, 2.05) is 24.2 Å². The summed E-state index contributed by atoms with van der Waals surface area (Å²) in [6.07, 6.45) is 6.58. The molecule has 0 N–H and O–H groups in total. The summed E-state index contributed by atoms with van der Waals surface area (Å²) in [6, 6.07) is 17.6. The van der Waals surface area contributed by atoms with Crippen LogP contribution in [0.15, 0.2) is 60.9 Å². The maximum Gasteiger partial charge on any atom is 0.222 e. The lowest BCUT2D eigenvalue weighted by Gasteiger charge is -2.35. The van der Waals surface area contributed by atoms with Gasteiger partial charge in [0.2, 0.25) is 5.91 Å². The van der Waals surface area contributed by atoms with E-state index in [2.05, 4.69) is 60.4 Å². The number of fused-ring (bicyclic) bond motifs is 1. The molecule has 0 saturated carbocycles. The van der Waals surface area contributed by atoms with Crippen LogP contribution >= 0.6 is 0 Å². The Balaban J connectivity index is 1.46. The number of benzene rings is 2.